The van der Waals surface area contributed by atoms with E-state index < -0.39 is 15.9 Å². The standard InChI is InChI=1S/C26H28Cl2N4O3S/c1-4-31(5-2)19-14-23-24(32(16-19)36(34,35)20-9-6-8-17(3)12-20)13-18(15-29-23)30-26(33)25-21(27)10-7-11-22(25)28/h6-13,15,19H,4-5,14,16H2,1-3H3,(H,30,33). The number of benzene rings is 2. The minimum absolute atomic E-state index is 0.0260. The van der Waals surface area contributed by atoms with Gasteiger partial charge in [-0.1, -0.05) is 55.2 Å². The largest absolute Gasteiger partial charge is 0.320 e. The van der Waals surface area contributed by atoms with Crippen LogP contribution in [0.3, 0.4) is 0 Å². The molecule has 2 aromatic carbocycles. The van der Waals surface area contributed by atoms with Crippen molar-refractivity contribution in [3.63, 3.8) is 0 Å². The Balaban J connectivity index is 1.76. The van der Waals surface area contributed by atoms with Crippen molar-refractivity contribution in [3.8, 4) is 0 Å². The van der Waals surface area contributed by atoms with E-state index in [1.165, 1.54) is 10.5 Å². The van der Waals surface area contributed by atoms with Crippen LogP contribution in [0.1, 0.15) is 35.5 Å². The zero-order valence-corrected chi connectivity index (χ0v) is 22.7. The van der Waals surface area contributed by atoms with Crippen LogP contribution in [0.4, 0.5) is 11.4 Å². The molecule has 36 heavy (non-hydrogen) atoms. The molecule has 10 heteroatoms. The van der Waals surface area contributed by atoms with Crippen LogP contribution < -0.4 is 9.62 Å². The molecular weight excluding hydrogens is 519 g/mol. The third-order valence-corrected chi connectivity index (χ3v) is 8.78. The fourth-order valence-corrected chi connectivity index (χ4v) is 6.72. The van der Waals surface area contributed by atoms with Crippen molar-refractivity contribution in [2.24, 2.45) is 0 Å². The Bertz CT molecular complexity index is 1370. The highest BCUT2D eigenvalue weighted by molar-refractivity contribution is 7.92. The van der Waals surface area contributed by atoms with Crippen LogP contribution >= 0.6 is 23.2 Å². The normalized spacial score (nSPS) is 15.6. The Morgan fingerprint density at radius 1 is 1.11 bits per heavy atom. The molecule has 1 aliphatic heterocycles. The predicted molar refractivity (Wildman–Crippen MR) is 145 cm³/mol. The van der Waals surface area contributed by atoms with Crippen molar-refractivity contribution in [2.45, 2.75) is 38.1 Å². The highest BCUT2D eigenvalue weighted by Crippen LogP contribution is 2.35. The zero-order chi connectivity index (χ0) is 26.0. The lowest BCUT2D eigenvalue weighted by Crippen LogP contribution is -2.50. The number of sulfonamides is 1. The number of aryl methyl sites for hydroxylation is 1. The first kappa shape index (κ1) is 26.4. The lowest BCUT2D eigenvalue weighted by Gasteiger charge is -2.39. The number of halogens is 2. The number of amides is 1. The van der Waals surface area contributed by atoms with E-state index in [1.54, 1.807) is 42.5 Å². The van der Waals surface area contributed by atoms with Gasteiger partial charge >= 0.3 is 0 Å². The number of anilines is 2. The number of pyridine rings is 1. The smallest absolute Gasteiger partial charge is 0.264 e. The molecule has 4 rings (SSSR count). The molecular formula is C26H28Cl2N4O3S. The number of aromatic nitrogens is 1. The van der Waals surface area contributed by atoms with Crippen molar-refractivity contribution in [3.05, 3.63) is 81.6 Å². The van der Waals surface area contributed by atoms with E-state index in [1.807, 2.05) is 13.0 Å². The van der Waals surface area contributed by atoms with Crippen LogP contribution in [0, 0.1) is 6.92 Å². The number of hydrogen-bond acceptors (Lipinski definition) is 5. The van der Waals surface area contributed by atoms with Crippen LogP contribution in [0.5, 0.6) is 0 Å². The molecule has 1 atom stereocenters. The van der Waals surface area contributed by atoms with Gasteiger partial charge in [0.1, 0.15) is 0 Å². The Morgan fingerprint density at radius 3 is 2.42 bits per heavy atom. The second-order valence-corrected chi connectivity index (χ2v) is 11.3. The van der Waals surface area contributed by atoms with E-state index in [-0.39, 0.29) is 33.1 Å². The van der Waals surface area contributed by atoms with Gasteiger partial charge in [0.15, 0.2) is 0 Å². The second-order valence-electron chi connectivity index (χ2n) is 8.67. The van der Waals surface area contributed by atoms with E-state index >= 15 is 0 Å². The average molecular weight is 548 g/mol. The number of rotatable bonds is 7. The fraction of sp³-hybridized carbons (Fsp3) is 0.308. The fourth-order valence-electron chi connectivity index (χ4n) is 4.52. The van der Waals surface area contributed by atoms with Gasteiger partial charge in [0.2, 0.25) is 0 Å². The second kappa shape index (κ2) is 10.8. The molecule has 1 unspecified atom stereocenters. The van der Waals surface area contributed by atoms with E-state index in [9.17, 15) is 13.2 Å². The molecule has 0 spiro atoms. The minimum Gasteiger partial charge on any atom is -0.320 e. The summed E-state index contributed by atoms with van der Waals surface area (Å²) in [6.45, 7) is 7.84. The van der Waals surface area contributed by atoms with Gasteiger partial charge in [-0.05, 0) is 55.9 Å². The van der Waals surface area contributed by atoms with Crippen LogP contribution in [0.25, 0.3) is 0 Å². The summed E-state index contributed by atoms with van der Waals surface area (Å²) in [7, 11) is -3.88. The number of nitrogens with one attached hydrogen (secondary N) is 1. The Hall–Kier alpha value is -2.65. The third-order valence-electron chi connectivity index (χ3n) is 6.38. The molecule has 1 N–H and O–H groups in total. The summed E-state index contributed by atoms with van der Waals surface area (Å²) in [5.74, 6) is -0.503. The number of likely N-dealkylation sites (N-methyl/N-ethyl adjacent to an activating group) is 1. The molecule has 0 saturated heterocycles. The van der Waals surface area contributed by atoms with E-state index in [2.05, 4.69) is 29.0 Å². The molecule has 190 valence electrons. The molecule has 0 radical (unpaired) electrons. The van der Waals surface area contributed by atoms with Gasteiger partial charge in [-0.25, -0.2) is 8.42 Å². The number of hydrogen-bond donors (Lipinski definition) is 1. The summed E-state index contributed by atoms with van der Waals surface area (Å²) in [4.78, 5) is 20.0. The molecule has 7 nitrogen and oxygen atoms in total. The van der Waals surface area contributed by atoms with Crippen LogP contribution in [-0.4, -0.2) is 49.9 Å². The molecule has 1 amide bonds. The van der Waals surface area contributed by atoms with Gasteiger partial charge in [-0.3, -0.25) is 19.0 Å². The summed E-state index contributed by atoms with van der Waals surface area (Å²) in [5.41, 5.74) is 2.44. The highest BCUT2D eigenvalue weighted by atomic mass is 35.5. The Kier molecular flexibility index (Phi) is 7.90. The zero-order valence-electron chi connectivity index (χ0n) is 20.3. The Morgan fingerprint density at radius 2 is 1.78 bits per heavy atom. The lowest BCUT2D eigenvalue weighted by molar-refractivity contribution is 0.102. The first-order valence-electron chi connectivity index (χ1n) is 11.7. The summed E-state index contributed by atoms with van der Waals surface area (Å²) < 4.78 is 29.1. The van der Waals surface area contributed by atoms with Gasteiger partial charge in [-0.2, -0.15) is 0 Å². The third kappa shape index (κ3) is 5.22. The minimum atomic E-state index is -3.88. The maximum Gasteiger partial charge on any atom is 0.264 e. The van der Waals surface area contributed by atoms with Crippen molar-refractivity contribution in [2.75, 3.05) is 29.3 Å². The first-order chi connectivity index (χ1) is 17.1. The predicted octanol–water partition coefficient (Wildman–Crippen LogP) is 5.41. The highest BCUT2D eigenvalue weighted by Gasteiger charge is 2.36. The summed E-state index contributed by atoms with van der Waals surface area (Å²) in [6.07, 6.45) is 2.13. The van der Waals surface area contributed by atoms with Gasteiger partial charge in [0.25, 0.3) is 15.9 Å². The molecule has 1 aliphatic rings. The maximum absolute atomic E-state index is 13.8. The van der Waals surface area contributed by atoms with Crippen molar-refractivity contribution < 1.29 is 13.2 Å². The average Bonchev–Trinajstić information content (AvgIpc) is 2.84. The molecule has 0 fully saturated rings. The maximum atomic E-state index is 13.8. The van der Waals surface area contributed by atoms with E-state index in [0.29, 0.717) is 23.5 Å². The van der Waals surface area contributed by atoms with Crippen molar-refractivity contribution >= 4 is 50.5 Å². The molecule has 2 heterocycles. The molecule has 0 bridgehead atoms. The van der Waals surface area contributed by atoms with Crippen LogP contribution in [0.15, 0.2) is 59.6 Å². The molecule has 0 aliphatic carbocycles. The number of carbonyl (C=O) groups excluding carboxylic acids is 1. The lowest BCUT2D eigenvalue weighted by atomic mass is 10.0. The van der Waals surface area contributed by atoms with E-state index in [0.717, 1.165) is 18.7 Å². The molecule has 1 aromatic heterocycles. The van der Waals surface area contributed by atoms with Gasteiger partial charge < -0.3 is 5.32 Å². The van der Waals surface area contributed by atoms with Gasteiger partial charge in [-0.15, -0.1) is 0 Å². The van der Waals surface area contributed by atoms with Crippen molar-refractivity contribution in [1.29, 1.82) is 0 Å². The Labute approximate surface area is 222 Å². The molecule has 0 saturated carbocycles. The quantitative estimate of drug-likeness (QED) is 0.428. The van der Waals surface area contributed by atoms with Crippen molar-refractivity contribution in [1.82, 2.24) is 9.88 Å². The van der Waals surface area contributed by atoms with Crippen LogP contribution in [-0.2, 0) is 16.4 Å². The number of fused-ring (bicyclic) bond motifs is 1. The van der Waals surface area contributed by atoms with Crippen LogP contribution in [0.2, 0.25) is 10.0 Å². The molecule has 3 aromatic rings. The number of nitrogens with zero attached hydrogens (tertiary/aromatic N) is 3. The topological polar surface area (TPSA) is 82.6 Å². The van der Waals surface area contributed by atoms with Gasteiger partial charge in [0.05, 0.1) is 50.3 Å². The first-order valence-corrected chi connectivity index (χ1v) is 13.9. The monoisotopic (exact) mass is 546 g/mol. The summed E-state index contributed by atoms with van der Waals surface area (Å²) >= 11 is 12.4. The SMILES string of the molecule is CCN(CC)C1Cc2ncc(NC(=O)c3c(Cl)cccc3Cl)cc2N(S(=O)(=O)c2cccc(C)c2)C1. The summed E-state index contributed by atoms with van der Waals surface area (Å²) in [6, 6.07) is 13.3. The van der Waals surface area contributed by atoms with E-state index in [4.69, 9.17) is 23.2 Å². The summed E-state index contributed by atoms with van der Waals surface area (Å²) in [5, 5.41) is 3.20. The number of carbonyl (C=O) groups is 1. The van der Waals surface area contributed by atoms with Gasteiger partial charge in [0, 0.05) is 12.5 Å².